The van der Waals surface area contributed by atoms with E-state index in [9.17, 15) is 0 Å². The summed E-state index contributed by atoms with van der Waals surface area (Å²) in [5, 5.41) is 3.60. The number of anilines is 2. The third-order valence-electron chi connectivity index (χ3n) is 6.04. The Morgan fingerprint density at radius 2 is 1.75 bits per heavy atom. The van der Waals surface area contributed by atoms with Crippen LogP contribution in [-0.4, -0.2) is 73.6 Å². The number of aromatic nitrogens is 2. The molecule has 2 aliphatic rings. The number of nitrogens with zero attached hydrogens (tertiary/aromatic N) is 4. The van der Waals surface area contributed by atoms with Crippen LogP contribution in [0, 0.1) is 0 Å². The van der Waals surface area contributed by atoms with Gasteiger partial charge in [-0.25, -0.2) is 4.98 Å². The zero-order valence-corrected chi connectivity index (χ0v) is 17.8. The lowest BCUT2D eigenvalue weighted by Gasteiger charge is -2.34. The highest BCUT2D eigenvalue weighted by molar-refractivity contribution is 5.43. The van der Waals surface area contributed by atoms with Crippen LogP contribution in [0.15, 0.2) is 12.3 Å². The summed E-state index contributed by atoms with van der Waals surface area (Å²) in [6, 6.07) is 2.58. The van der Waals surface area contributed by atoms with Gasteiger partial charge >= 0.3 is 0 Å². The molecule has 3 heterocycles. The molecule has 0 radical (unpaired) electrons. The van der Waals surface area contributed by atoms with E-state index in [1.807, 2.05) is 12.3 Å². The van der Waals surface area contributed by atoms with Crippen molar-refractivity contribution in [2.45, 2.75) is 70.2 Å². The van der Waals surface area contributed by atoms with E-state index in [0.717, 1.165) is 44.4 Å². The maximum absolute atomic E-state index is 5.49. The van der Waals surface area contributed by atoms with Crippen LogP contribution in [0.25, 0.3) is 0 Å². The van der Waals surface area contributed by atoms with E-state index in [2.05, 4.69) is 27.0 Å². The van der Waals surface area contributed by atoms with Crippen LogP contribution in [0.3, 0.4) is 0 Å². The Morgan fingerprint density at radius 1 is 1.04 bits per heavy atom. The Kier molecular flexibility index (Phi) is 8.30. The van der Waals surface area contributed by atoms with Gasteiger partial charge in [0.1, 0.15) is 5.82 Å². The predicted octanol–water partition coefficient (Wildman–Crippen LogP) is 3.13. The van der Waals surface area contributed by atoms with Crippen molar-refractivity contribution in [1.29, 1.82) is 0 Å². The Morgan fingerprint density at radius 3 is 2.46 bits per heavy atom. The number of hydrogen-bond acceptors (Lipinski definition) is 7. The normalized spacial score (nSPS) is 23.3. The molecule has 2 atom stereocenters. The molecule has 2 aliphatic heterocycles. The van der Waals surface area contributed by atoms with Gasteiger partial charge in [-0.2, -0.15) is 4.98 Å². The summed E-state index contributed by atoms with van der Waals surface area (Å²) < 4.78 is 11.0. The molecule has 0 amide bonds. The zero-order chi connectivity index (χ0) is 19.8. The van der Waals surface area contributed by atoms with Crippen LogP contribution in [0.5, 0.6) is 0 Å². The summed E-state index contributed by atoms with van der Waals surface area (Å²) >= 11 is 0. The van der Waals surface area contributed by atoms with Crippen molar-refractivity contribution in [3.8, 4) is 0 Å². The Hall–Kier alpha value is -1.44. The summed E-state index contributed by atoms with van der Waals surface area (Å²) in [6.45, 7) is 6.39. The fourth-order valence-corrected chi connectivity index (χ4v) is 4.40. The van der Waals surface area contributed by atoms with Crippen LogP contribution in [0.2, 0.25) is 0 Å². The average molecular weight is 392 g/mol. The molecule has 28 heavy (non-hydrogen) atoms. The SMILES string of the molecule is COC(OC)C(C)N1CCCCC(Nc2nccc(N3CCCCCC3)n2)C1. The monoisotopic (exact) mass is 391 g/mol. The molecule has 1 aromatic rings. The van der Waals surface area contributed by atoms with Gasteiger partial charge in [-0.3, -0.25) is 4.90 Å². The van der Waals surface area contributed by atoms with Crippen molar-refractivity contribution in [3.05, 3.63) is 12.3 Å². The molecule has 3 rings (SSSR count). The summed E-state index contributed by atoms with van der Waals surface area (Å²) in [5.41, 5.74) is 0. The minimum Gasteiger partial charge on any atom is -0.356 e. The molecule has 0 saturated carbocycles. The van der Waals surface area contributed by atoms with E-state index in [0.29, 0.717) is 6.04 Å². The zero-order valence-electron chi connectivity index (χ0n) is 17.8. The van der Waals surface area contributed by atoms with Crippen LogP contribution >= 0.6 is 0 Å². The molecule has 7 nitrogen and oxygen atoms in total. The lowest BCUT2D eigenvalue weighted by atomic mass is 10.1. The van der Waals surface area contributed by atoms with Gasteiger partial charge in [-0.05, 0) is 45.2 Å². The largest absolute Gasteiger partial charge is 0.356 e. The first-order valence-electron chi connectivity index (χ1n) is 10.9. The van der Waals surface area contributed by atoms with Crippen molar-refractivity contribution in [3.63, 3.8) is 0 Å². The van der Waals surface area contributed by atoms with Gasteiger partial charge in [0.05, 0.1) is 6.04 Å². The van der Waals surface area contributed by atoms with Crippen LogP contribution in [-0.2, 0) is 9.47 Å². The van der Waals surface area contributed by atoms with E-state index in [4.69, 9.17) is 14.5 Å². The van der Waals surface area contributed by atoms with E-state index in [1.165, 1.54) is 38.5 Å². The molecule has 1 N–H and O–H groups in total. The molecule has 0 spiro atoms. The summed E-state index contributed by atoms with van der Waals surface area (Å²) in [4.78, 5) is 14.2. The van der Waals surface area contributed by atoms with E-state index in [1.54, 1.807) is 14.2 Å². The first-order chi connectivity index (χ1) is 13.7. The van der Waals surface area contributed by atoms with E-state index in [-0.39, 0.29) is 12.3 Å². The lowest BCUT2D eigenvalue weighted by molar-refractivity contribution is -0.142. The highest BCUT2D eigenvalue weighted by atomic mass is 16.7. The molecule has 158 valence electrons. The van der Waals surface area contributed by atoms with E-state index < -0.39 is 0 Å². The highest BCUT2D eigenvalue weighted by Crippen LogP contribution is 2.21. The lowest BCUT2D eigenvalue weighted by Crippen LogP contribution is -2.47. The fourth-order valence-electron chi connectivity index (χ4n) is 4.40. The summed E-state index contributed by atoms with van der Waals surface area (Å²) in [6.07, 6.45) is 10.4. The van der Waals surface area contributed by atoms with Crippen molar-refractivity contribution >= 4 is 11.8 Å². The highest BCUT2D eigenvalue weighted by Gasteiger charge is 2.27. The van der Waals surface area contributed by atoms with Gasteiger partial charge in [-0.1, -0.05) is 19.3 Å². The number of likely N-dealkylation sites (tertiary alicyclic amines) is 1. The minimum absolute atomic E-state index is 0.207. The maximum atomic E-state index is 5.49. The third kappa shape index (κ3) is 5.78. The molecule has 1 aromatic heterocycles. The number of nitrogens with one attached hydrogen (secondary N) is 1. The molecule has 2 saturated heterocycles. The minimum atomic E-state index is -0.207. The molecular formula is C21H37N5O2. The van der Waals surface area contributed by atoms with Crippen LogP contribution in [0.1, 0.15) is 51.9 Å². The third-order valence-corrected chi connectivity index (χ3v) is 6.04. The molecule has 0 aromatic carbocycles. The number of hydrogen-bond donors (Lipinski definition) is 1. The molecule has 2 fully saturated rings. The van der Waals surface area contributed by atoms with Crippen LogP contribution < -0.4 is 10.2 Å². The quantitative estimate of drug-likeness (QED) is 0.717. The fraction of sp³-hybridized carbons (Fsp3) is 0.810. The first-order valence-corrected chi connectivity index (χ1v) is 10.9. The number of rotatable bonds is 7. The first kappa shape index (κ1) is 21.3. The second-order valence-electron chi connectivity index (χ2n) is 8.05. The van der Waals surface area contributed by atoms with Crippen molar-refractivity contribution < 1.29 is 9.47 Å². The van der Waals surface area contributed by atoms with E-state index >= 15 is 0 Å². The summed E-state index contributed by atoms with van der Waals surface area (Å²) in [5.74, 6) is 1.80. The van der Waals surface area contributed by atoms with Gasteiger partial charge in [0.25, 0.3) is 0 Å². The molecular weight excluding hydrogens is 354 g/mol. The molecule has 2 unspecified atom stereocenters. The molecule has 7 heteroatoms. The second kappa shape index (κ2) is 10.9. The topological polar surface area (TPSA) is 62.8 Å². The van der Waals surface area contributed by atoms with Crippen molar-refractivity contribution in [2.24, 2.45) is 0 Å². The van der Waals surface area contributed by atoms with Gasteiger partial charge in [0, 0.05) is 46.1 Å². The van der Waals surface area contributed by atoms with Gasteiger partial charge < -0.3 is 19.7 Å². The van der Waals surface area contributed by atoms with Gasteiger partial charge in [-0.15, -0.1) is 0 Å². The number of methoxy groups -OCH3 is 2. The van der Waals surface area contributed by atoms with Crippen molar-refractivity contribution in [2.75, 3.05) is 50.6 Å². The van der Waals surface area contributed by atoms with Gasteiger partial charge in [0.15, 0.2) is 6.29 Å². The smallest absolute Gasteiger partial charge is 0.224 e. The van der Waals surface area contributed by atoms with Crippen LogP contribution in [0.4, 0.5) is 11.8 Å². The van der Waals surface area contributed by atoms with Crippen molar-refractivity contribution in [1.82, 2.24) is 14.9 Å². The second-order valence-corrected chi connectivity index (χ2v) is 8.05. The maximum Gasteiger partial charge on any atom is 0.224 e. The predicted molar refractivity (Wildman–Crippen MR) is 113 cm³/mol. The standard InChI is InChI=1S/C21H37N5O2/c1-17(20(27-2)28-3)26-15-9-6-10-18(16-26)23-21-22-12-11-19(24-21)25-13-7-4-5-8-14-25/h11-12,17-18,20H,4-10,13-16H2,1-3H3,(H,22,23,24). The molecule has 0 bridgehead atoms. The average Bonchev–Trinajstić information content (AvgIpc) is 3.12. The molecule has 0 aliphatic carbocycles. The Labute approximate surface area is 169 Å². The number of ether oxygens (including phenoxy) is 2. The Bertz CT molecular complexity index is 576. The summed E-state index contributed by atoms with van der Waals surface area (Å²) in [7, 11) is 3.42. The Balaban J connectivity index is 1.64. The van der Waals surface area contributed by atoms with Gasteiger partial charge in [0.2, 0.25) is 5.95 Å².